The van der Waals surface area contributed by atoms with E-state index in [9.17, 15) is 52.0 Å². The van der Waals surface area contributed by atoms with Crippen molar-refractivity contribution in [3.63, 3.8) is 0 Å². The normalized spacial score (nSPS) is 13.5. The minimum Gasteiger partial charge on any atom is -0.206 e. The van der Waals surface area contributed by atoms with Crippen molar-refractivity contribution in [3.8, 4) is 0 Å². The van der Waals surface area contributed by atoms with E-state index in [1.807, 2.05) is 0 Å². The van der Waals surface area contributed by atoms with Gasteiger partial charge in [-0.05, 0) is 0 Å². The van der Waals surface area contributed by atoms with Gasteiger partial charge in [0.15, 0.2) is 28.2 Å². The van der Waals surface area contributed by atoms with Gasteiger partial charge in [-0.15, -0.1) is 0 Å². The summed E-state index contributed by atoms with van der Waals surface area (Å²) in [5.74, 6) is -14.4. The molecule has 0 radical (unpaired) electrons. The van der Waals surface area contributed by atoms with Crippen LogP contribution in [-0.2, 0) is 20.0 Å². The summed E-state index contributed by atoms with van der Waals surface area (Å²) in [5, 5.41) is 0. The van der Waals surface area contributed by atoms with Gasteiger partial charge in [-0.1, -0.05) is 4.13 Å². The van der Waals surface area contributed by atoms with E-state index in [2.05, 4.69) is 0 Å². The summed E-state index contributed by atoms with van der Waals surface area (Å²) in [6.45, 7) is 0. The fraction of sp³-hybridized carbons (Fsp3) is 0.143. The molecule has 0 spiro atoms. The molecular weight excluding hydrogens is 378 g/mol. The molecule has 0 aliphatic rings. The summed E-state index contributed by atoms with van der Waals surface area (Å²) in [7, 11) is -13.0. The molecule has 0 aliphatic heterocycles. The zero-order valence-corrected chi connectivity index (χ0v) is 11.1. The summed E-state index contributed by atoms with van der Waals surface area (Å²) in [6, 6.07) is 0. The van der Waals surface area contributed by atoms with Crippen LogP contribution in [0.4, 0.5) is 35.1 Å². The van der Waals surface area contributed by atoms with Crippen LogP contribution in [0.5, 0.6) is 0 Å². The van der Waals surface area contributed by atoms with E-state index in [1.54, 1.807) is 0 Å². The smallest absolute Gasteiger partial charge is 0.206 e. The monoisotopic (exact) mass is 379 g/mol. The zero-order chi connectivity index (χ0) is 17.7. The van der Waals surface area contributed by atoms with Crippen LogP contribution in [0.1, 0.15) is 0 Å². The van der Waals surface area contributed by atoms with Crippen molar-refractivity contribution in [1.82, 2.24) is 4.13 Å². The van der Waals surface area contributed by atoms with Crippen LogP contribution in [0.3, 0.4) is 0 Å². The second-order valence-corrected chi connectivity index (χ2v) is 6.99. The molecule has 0 fully saturated rings. The molecule has 15 heteroatoms. The lowest BCUT2D eigenvalue weighted by Crippen LogP contribution is -2.41. The Hall–Kier alpha value is -1.48. The topological polar surface area (TPSA) is 80.3 Å². The van der Waals surface area contributed by atoms with Gasteiger partial charge in [-0.3, -0.25) is 0 Å². The van der Waals surface area contributed by atoms with Crippen LogP contribution >= 0.6 is 0 Å². The molecule has 5 nitrogen and oxygen atoms in total. The minimum absolute atomic E-state index is 0.172. The molecule has 1 aromatic carbocycles. The lowest BCUT2D eigenvalue weighted by molar-refractivity contribution is -0.0441. The molecule has 0 saturated heterocycles. The molecule has 126 valence electrons. The highest BCUT2D eigenvalue weighted by Gasteiger charge is 2.49. The highest BCUT2D eigenvalue weighted by atomic mass is 32.3. The molecule has 1 aromatic rings. The van der Waals surface area contributed by atoms with Gasteiger partial charge in [0.05, 0.1) is 0 Å². The lowest BCUT2D eigenvalue weighted by atomic mass is 10.3. The van der Waals surface area contributed by atoms with E-state index in [0.717, 1.165) is 0 Å². The Morgan fingerprint density at radius 2 is 1.00 bits per heavy atom. The number of hydrogen-bond acceptors (Lipinski definition) is 4. The molecule has 0 aromatic heterocycles. The van der Waals surface area contributed by atoms with Gasteiger partial charge < -0.3 is 0 Å². The van der Waals surface area contributed by atoms with Crippen molar-refractivity contribution in [3.05, 3.63) is 29.1 Å². The van der Waals surface area contributed by atoms with Crippen molar-refractivity contribution in [1.29, 1.82) is 0 Å². The van der Waals surface area contributed by atoms with Gasteiger partial charge in [0.25, 0.3) is 10.0 Å². The Morgan fingerprint density at radius 3 is 1.32 bits per heavy atom. The molecule has 22 heavy (non-hydrogen) atoms. The molecular formula is C7HF8NO4S2. The third-order valence-electron chi connectivity index (χ3n) is 1.96. The first kappa shape index (κ1) is 18.6. The molecule has 0 aliphatic carbocycles. The minimum atomic E-state index is -6.68. The average Bonchev–Trinajstić information content (AvgIpc) is 2.31. The first-order chi connectivity index (χ1) is 9.63. The van der Waals surface area contributed by atoms with E-state index in [0.29, 0.717) is 0 Å². The van der Waals surface area contributed by atoms with Gasteiger partial charge in [0, 0.05) is 0 Å². The predicted octanol–water partition coefficient (Wildman–Crippen LogP) is 1.51. The SMILES string of the molecule is O=S(=O)(NS(=O)(=O)C(F)(F)F)c1c(F)c(F)c(F)c(F)c1F. The number of sulfonamides is 2. The number of rotatable bonds is 3. The van der Waals surface area contributed by atoms with Gasteiger partial charge in [-0.2, -0.15) is 13.2 Å². The predicted molar refractivity (Wildman–Crippen MR) is 51.5 cm³/mol. The maximum atomic E-state index is 13.2. The van der Waals surface area contributed by atoms with E-state index in [4.69, 9.17) is 0 Å². The van der Waals surface area contributed by atoms with E-state index in [1.165, 1.54) is 0 Å². The molecule has 0 bridgehead atoms. The Labute approximate surface area is 116 Å². The third-order valence-corrected chi connectivity index (χ3v) is 5.22. The van der Waals surface area contributed by atoms with Crippen molar-refractivity contribution < 1.29 is 52.0 Å². The number of nitrogens with one attached hydrogen (secondary N) is 1. The van der Waals surface area contributed by atoms with E-state index >= 15 is 0 Å². The van der Waals surface area contributed by atoms with Crippen LogP contribution in [0.2, 0.25) is 0 Å². The van der Waals surface area contributed by atoms with Gasteiger partial charge in [0.2, 0.25) is 5.82 Å². The number of hydrogen-bond donors (Lipinski definition) is 1. The van der Waals surface area contributed by atoms with Crippen molar-refractivity contribution >= 4 is 20.0 Å². The van der Waals surface area contributed by atoms with Crippen LogP contribution < -0.4 is 4.13 Å². The fourth-order valence-corrected chi connectivity index (χ4v) is 3.57. The average molecular weight is 379 g/mol. The third kappa shape index (κ3) is 3.00. The van der Waals surface area contributed by atoms with Crippen molar-refractivity contribution in [2.45, 2.75) is 10.4 Å². The summed E-state index contributed by atoms with van der Waals surface area (Å²) >= 11 is 0. The second kappa shape index (κ2) is 5.31. The summed E-state index contributed by atoms with van der Waals surface area (Å²) in [4.78, 5) is -2.77. The maximum Gasteiger partial charge on any atom is 0.512 e. The van der Waals surface area contributed by atoms with Crippen LogP contribution in [0.25, 0.3) is 0 Å². The van der Waals surface area contributed by atoms with Crippen LogP contribution in [0, 0.1) is 29.1 Å². The molecule has 1 rings (SSSR count). The fourth-order valence-electron chi connectivity index (χ4n) is 1.05. The van der Waals surface area contributed by atoms with Gasteiger partial charge in [-0.25, -0.2) is 38.8 Å². The molecule has 0 heterocycles. The zero-order valence-electron chi connectivity index (χ0n) is 9.47. The van der Waals surface area contributed by atoms with E-state index < -0.39 is 59.5 Å². The largest absolute Gasteiger partial charge is 0.512 e. The number of alkyl halides is 3. The summed E-state index contributed by atoms with van der Waals surface area (Å²) in [5.41, 5.74) is -6.22. The Balaban J connectivity index is 3.64. The Kier molecular flexibility index (Phi) is 4.48. The molecule has 0 saturated carbocycles. The molecule has 0 unspecified atom stereocenters. The van der Waals surface area contributed by atoms with Crippen molar-refractivity contribution in [2.24, 2.45) is 0 Å². The van der Waals surface area contributed by atoms with Crippen LogP contribution in [-0.4, -0.2) is 22.3 Å². The van der Waals surface area contributed by atoms with E-state index in [-0.39, 0.29) is 4.13 Å². The highest BCUT2D eigenvalue weighted by Crippen LogP contribution is 2.29. The van der Waals surface area contributed by atoms with Gasteiger partial charge in [0.1, 0.15) is 0 Å². The van der Waals surface area contributed by atoms with Crippen molar-refractivity contribution in [2.75, 3.05) is 0 Å². The highest BCUT2D eigenvalue weighted by molar-refractivity contribution is 8.05. The van der Waals surface area contributed by atoms with Gasteiger partial charge >= 0.3 is 15.5 Å². The number of benzene rings is 1. The second-order valence-electron chi connectivity index (χ2n) is 3.43. The number of halogens is 8. The molecule has 1 N–H and O–H groups in total. The first-order valence-corrected chi connectivity index (χ1v) is 7.46. The summed E-state index contributed by atoms with van der Waals surface area (Å²) < 4.78 is 144. The quantitative estimate of drug-likeness (QED) is 0.491. The standard InChI is InChI=1S/C7HF8NO4S2/c8-1-2(9)4(11)6(5(12)3(1)10)21(17,18)16-22(19,20)7(13,14)15/h16H. The maximum absolute atomic E-state index is 13.2. The molecule has 0 amide bonds. The van der Waals surface area contributed by atoms with Crippen LogP contribution in [0.15, 0.2) is 4.90 Å². The first-order valence-electron chi connectivity index (χ1n) is 4.50. The molecule has 0 atom stereocenters. The lowest BCUT2D eigenvalue weighted by Gasteiger charge is -2.12. The Bertz CT molecular complexity index is 800. The summed E-state index contributed by atoms with van der Waals surface area (Å²) in [6.07, 6.45) is 0. The Morgan fingerprint density at radius 1 is 0.682 bits per heavy atom.